The molecule has 8 N–H and O–H groups in total. The van der Waals surface area contributed by atoms with Crippen LogP contribution >= 0.6 is 11.6 Å². The van der Waals surface area contributed by atoms with E-state index in [-0.39, 0.29) is 19.4 Å². The first kappa shape index (κ1) is 27.7. The predicted octanol–water partition coefficient (Wildman–Crippen LogP) is -0.716. The van der Waals surface area contributed by atoms with Gasteiger partial charge in [-0.3, -0.25) is 14.4 Å². The molecule has 4 amide bonds. The van der Waals surface area contributed by atoms with Crippen molar-refractivity contribution < 1.29 is 28.8 Å². The molecule has 1 fully saturated rings. The number of aliphatic hydroxyl groups excluding tert-OH is 1. The lowest BCUT2D eigenvalue weighted by atomic mass is 9.93. The van der Waals surface area contributed by atoms with Crippen molar-refractivity contribution in [2.75, 3.05) is 6.54 Å². The summed E-state index contributed by atoms with van der Waals surface area (Å²) in [5.74, 6) is -2.86. The van der Waals surface area contributed by atoms with Crippen LogP contribution in [0.15, 0.2) is 30.3 Å². The van der Waals surface area contributed by atoms with Gasteiger partial charge in [0.2, 0.25) is 11.8 Å². The number of quaternary nitrogens is 1. The lowest BCUT2D eigenvalue weighted by molar-refractivity contribution is -0.904. The van der Waals surface area contributed by atoms with E-state index in [1.165, 1.54) is 0 Å². The van der Waals surface area contributed by atoms with Crippen LogP contribution in [-0.4, -0.2) is 74.9 Å². The highest BCUT2D eigenvalue weighted by molar-refractivity contribution is 6.21. The number of nitrogens with one attached hydrogen (secondary N) is 1. The summed E-state index contributed by atoms with van der Waals surface area (Å²) >= 11 is 6.39. The van der Waals surface area contributed by atoms with Crippen molar-refractivity contribution in [2.45, 2.75) is 75.2 Å². The lowest BCUT2D eigenvalue weighted by Gasteiger charge is -2.47. The van der Waals surface area contributed by atoms with Gasteiger partial charge in [-0.1, -0.05) is 30.3 Å². The number of hydrogen-bond acceptors (Lipinski definition) is 6. The third-order valence-electron chi connectivity index (χ3n) is 6.43. The molecule has 34 heavy (non-hydrogen) atoms. The second-order valence-electron chi connectivity index (χ2n) is 9.84. The van der Waals surface area contributed by atoms with Gasteiger partial charge in [0.25, 0.3) is 5.91 Å². The smallest absolute Gasteiger partial charge is 0.345 e. The molecule has 0 bridgehead atoms. The minimum Gasteiger partial charge on any atom is -0.378 e. The van der Waals surface area contributed by atoms with Crippen molar-refractivity contribution in [3.05, 3.63) is 35.9 Å². The van der Waals surface area contributed by atoms with E-state index >= 15 is 0 Å². The fraction of sp³-hybridized carbons (Fsp3) is 0.565. The summed E-state index contributed by atoms with van der Waals surface area (Å²) in [5, 5.41) is 13.4. The molecule has 0 aliphatic carbocycles. The number of aliphatic hydroxyl groups is 1. The van der Waals surface area contributed by atoms with Crippen molar-refractivity contribution in [2.24, 2.45) is 17.2 Å². The average Bonchev–Trinajstić information content (AvgIpc) is 3.11. The number of amides is 4. The zero-order chi connectivity index (χ0) is 25.8. The van der Waals surface area contributed by atoms with E-state index in [2.05, 4.69) is 5.32 Å². The van der Waals surface area contributed by atoms with Crippen LogP contribution in [0.3, 0.4) is 0 Å². The Kier molecular flexibility index (Phi) is 8.81. The van der Waals surface area contributed by atoms with Gasteiger partial charge in [-0.05, 0) is 32.8 Å². The van der Waals surface area contributed by atoms with E-state index in [0.29, 0.717) is 0 Å². The van der Waals surface area contributed by atoms with E-state index in [4.69, 9.17) is 28.8 Å². The maximum absolute atomic E-state index is 13.9. The number of rotatable bonds is 9. The number of nitrogens with two attached hydrogens (primary N) is 3. The molecule has 188 valence electrons. The highest BCUT2D eigenvalue weighted by atomic mass is 35.5. The van der Waals surface area contributed by atoms with Crippen LogP contribution in [0.1, 0.15) is 39.2 Å². The number of carbonyl (C=O) groups is 4. The first-order valence-corrected chi connectivity index (χ1v) is 11.6. The van der Waals surface area contributed by atoms with E-state index in [1.54, 1.807) is 45.0 Å². The minimum absolute atomic E-state index is 0.0957. The summed E-state index contributed by atoms with van der Waals surface area (Å²) in [4.78, 5) is 50.1. The second kappa shape index (κ2) is 10.8. The van der Waals surface area contributed by atoms with Gasteiger partial charge in [0, 0.05) is 6.42 Å². The lowest BCUT2D eigenvalue weighted by Crippen LogP contribution is -2.72. The molecule has 2 rings (SSSR count). The van der Waals surface area contributed by atoms with Gasteiger partial charge in [0.1, 0.15) is 6.54 Å². The Morgan fingerprint density at radius 3 is 2.26 bits per heavy atom. The van der Waals surface area contributed by atoms with Gasteiger partial charge < -0.3 is 27.6 Å². The number of alkyl halides is 1. The van der Waals surface area contributed by atoms with Gasteiger partial charge in [0.05, 0.1) is 29.4 Å². The number of carbonyl (C=O) groups excluding carboxylic acids is 4. The fourth-order valence-electron chi connectivity index (χ4n) is 4.70. The number of benzene rings is 1. The van der Waals surface area contributed by atoms with E-state index in [1.807, 2.05) is 6.07 Å². The quantitative estimate of drug-likeness (QED) is 0.222. The van der Waals surface area contributed by atoms with E-state index < -0.39 is 69.7 Å². The van der Waals surface area contributed by atoms with E-state index in [0.717, 1.165) is 5.56 Å². The minimum atomic E-state index is -1.71. The van der Waals surface area contributed by atoms with Crippen molar-refractivity contribution in [3.8, 4) is 0 Å². The van der Waals surface area contributed by atoms with Gasteiger partial charge in [-0.25, -0.2) is 9.28 Å². The summed E-state index contributed by atoms with van der Waals surface area (Å²) in [7, 11) is 0. The van der Waals surface area contributed by atoms with Crippen LogP contribution in [-0.2, 0) is 25.6 Å². The first-order chi connectivity index (χ1) is 15.7. The zero-order valence-electron chi connectivity index (χ0n) is 19.7. The molecule has 1 aromatic carbocycles. The molecular formula is C23H35ClN5O5+. The van der Waals surface area contributed by atoms with Gasteiger partial charge in [-0.2, -0.15) is 0 Å². The SMILES string of the molecule is CC(C)(C)[N+]1(C(=O)[C@@H](O)[C@H](Cc2ccccc2)NC(=O)C(N)CC(N)=O)C[C@@H](Cl)CC1C(N)=O. The van der Waals surface area contributed by atoms with Crippen LogP contribution in [0.2, 0.25) is 0 Å². The van der Waals surface area contributed by atoms with Crippen molar-refractivity contribution in [3.63, 3.8) is 0 Å². The highest BCUT2D eigenvalue weighted by Crippen LogP contribution is 2.40. The number of nitrogens with zero attached hydrogens (tertiary/aromatic N) is 1. The summed E-state index contributed by atoms with van der Waals surface area (Å²) in [6.07, 6.45) is -1.83. The van der Waals surface area contributed by atoms with Crippen LogP contribution < -0.4 is 22.5 Å². The maximum atomic E-state index is 13.9. The molecule has 1 aliphatic heterocycles. The van der Waals surface area contributed by atoms with Crippen molar-refractivity contribution in [1.29, 1.82) is 0 Å². The highest BCUT2D eigenvalue weighted by Gasteiger charge is 2.62. The molecule has 6 atom stereocenters. The monoisotopic (exact) mass is 496 g/mol. The molecular weight excluding hydrogens is 462 g/mol. The van der Waals surface area contributed by atoms with Crippen LogP contribution in [0.5, 0.6) is 0 Å². The van der Waals surface area contributed by atoms with E-state index in [9.17, 15) is 24.3 Å². The topological polar surface area (TPSA) is 179 Å². The molecule has 1 saturated heterocycles. The number of hydrogen-bond donors (Lipinski definition) is 5. The molecule has 1 heterocycles. The number of primary amides is 2. The maximum Gasteiger partial charge on any atom is 0.345 e. The molecule has 1 aromatic rings. The predicted molar refractivity (Wildman–Crippen MR) is 127 cm³/mol. The largest absolute Gasteiger partial charge is 0.378 e. The van der Waals surface area contributed by atoms with Crippen LogP contribution in [0.25, 0.3) is 0 Å². The first-order valence-electron chi connectivity index (χ1n) is 11.1. The molecule has 10 nitrogen and oxygen atoms in total. The summed E-state index contributed by atoms with van der Waals surface area (Å²) in [6, 6.07) is 5.66. The molecule has 3 unspecified atom stereocenters. The molecule has 0 radical (unpaired) electrons. The van der Waals surface area contributed by atoms with Crippen LogP contribution in [0, 0.1) is 0 Å². The average molecular weight is 497 g/mol. The molecule has 1 aliphatic rings. The second-order valence-corrected chi connectivity index (χ2v) is 10.5. The van der Waals surface area contributed by atoms with Gasteiger partial charge >= 0.3 is 5.91 Å². The Morgan fingerprint density at radius 1 is 1.18 bits per heavy atom. The number of likely N-dealkylation sites (tertiary alicyclic amines) is 1. The van der Waals surface area contributed by atoms with Gasteiger partial charge in [0.15, 0.2) is 12.1 Å². The van der Waals surface area contributed by atoms with Crippen molar-refractivity contribution in [1.82, 2.24) is 5.32 Å². The van der Waals surface area contributed by atoms with Crippen LogP contribution in [0.4, 0.5) is 0 Å². The molecule has 0 spiro atoms. The molecule has 0 aromatic heterocycles. The Bertz CT molecular complexity index is 922. The summed E-state index contributed by atoms with van der Waals surface area (Å²) in [6.45, 7) is 5.42. The van der Waals surface area contributed by atoms with Crippen molar-refractivity contribution >= 4 is 35.2 Å². The Labute approximate surface area is 204 Å². The zero-order valence-corrected chi connectivity index (χ0v) is 20.5. The summed E-state index contributed by atoms with van der Waals surface area (Å²) < 4.78 is -0.452. The summed E-state index contributed by atoms with van der Waals surface area (Å²) in [5.41, 5.74) is 16.5. The third kappa shape index (κ3) is 5.93. The Hall–Kier alpha value is -2.53. The molecule has 11 heteroatoms. The standard InChI is InChI=1S/C23H34ClN5O5/c1-23(2,3)29(12-14(24)10-17(29)20(27)32)22(34)19(31)16(9-13-7-5-4-6-8-13)28-21(33)15(25)11-18(26)30/h4-8,14-17,19,31H,9-12,25H2,1-3H3,(H4-,26,27,28,30,32,33)/p+1/t14-,15?,16-,17?,19-,29?/m0/s1. The third-order valence-corrected chi connectivity index (χ3v) is 6.75. The molecule has 0 saturated carbocycles. The Balaban J connectivity index is 2.45. The van der Waals surface area contributed by atoms with Gasteiger partial charge in [-0.15, -0.1) is 11.6 Å². The number of halogens is 1. The normalized spacial score (nSPS) is 25.2. The fourth-order valence-corrected chi connectivity index (χ4v) is 5.09. The Morgan fingerprint density at radius 2 is 1.76 bits per heavy atom.